The van der Waals surface area contributed by atoms with Crippen molar-refractivity contribution in [2.75, 3.05) is 31.2 Å². The van der Waals surface area contributed by atoms with Crippen molar-refractivity contribution in [3.05, 3.63) is 39.8 Å². The largest absolute Gasteiger partial charge is 0.378 e. The predicted octanol–water partition coefficient (Wildman–Crippen LogP) is 2.82. The summed E-state index contributed by atoms with van der Waals surface area (Å²) in [5, 5.41) is 5.11. The Balaban J connectivity index is 1.60. The van der Waals surface area contributed by atoms with Gasteiger partial charge in [-0.1, -0.05) is 19.9 Å². The van der Waals surface area contributed by atoms with Gasteiger partial charge in [0, 0.05) is 24.8 Å². The molecule has 0 unspecified atom stereocenters. The first-order valence-electron chi connectivity index (χ1n) is 9.05. The Kier molecular flexibility index (Phi) is 4.67. The first-order valence-corrected chi connectivity index (χ1v) is 9.93. The van der Waals surface area contributed by atoms with Crippen LogP contribution in [0.25, 0.3) is 0 Å². The van der Waals surface area contributed by atoms with E-state index in [2.05, 4.69) is 29.0 Å². The van der Waals surface area contributed by atoms with Crippen LogP contribution in [0.15, 0.2) is 23.7 Å². The lowest BCUT2D eigenvalue weighted by atomic mass is 9.74. The minimum atomic E-state index is -0.0536. The standard InChI is InChI=1S/C19H24N4O2S/c1-19(2)10-14(21-17(24)16-4-3-9-26-16)13-12-20-18(22-15(13)11-19)23-5-7-25-8-6-23/h3-4,9,12,14H,5-8,10-11H2,1-2H3,(H,21,24)/t14-/m0/s1. The van der Waals surface area contributed by atoms with Crippen LogP contribution in [0.5, 0.6) is 0 Å². The summed E-state index contributed by atoms with van der Waals surface area (Å²) in [6, 6.07) is 3.70. The maximum absolute atomic E-state index is 12.5. The van der Waals surface area contributed by atoms with Gasteiger partial charge in [-0.15, -0.1) is 11.3 Å². The number of amides is 1. The van der Waals surface area contributed by atoms with E-state index < -0.39 is 0 Å². The summed E-state index contributed by atoms with van der Waals surface area (Å²) in [5.74, 6) is 0.749. The first-order chi connectivity index (χ1) is 12.5. The number of thiophene rings is 1. The SMILES string of the molecule is CC1(C)Cc2nc(N3CCOCC3)ncc2[C@@H](NC(=O)c2cccs2)C1. The number of hydrogen-bond acceptors (Lipinski definition) is 6. The molecule has 6 nitrogen and oxygen atoms in total. The average Bonchev–Trinajstić information content (AvgIpc) is 3.16. The number of morpholine rings is 1. The smallest absolute Gasteiger partial charge is 0.261 e. The van der Waals surface area contributed by atoms with Crippen molar-refractivity contribution >= 4 is 23.2 Å². The Morgan fingerprint density at radius 2 is 2.19 bits per heavy atom. The van der Waals surface area contributed by atoms with Crippen LogP contribution < -0.4 is 10.2 Å². The van der Waals surface area contributed by atoms with E-state index in [4.69, 9.17) is 9.72 Å². The van der Waals surface area contributed by atoms with Crippen molar-refractivity contribution in [1.82, 2.24) is 15.3 Å². The molecule has 1 aliphatic heterocycles. The monoisotopic (exact) mass is 372 g/mol. The Hall–Kier alpha value is -1.99. The van der Waals surface area contributed by atoms with Gasteiger partial charge in [0.1, 0.15) is 0 Å². The van der Waals surface area contributed by atoms with Crippen LogP contribution in [0.2, 0.25) is 0 Å². The highest BCUT2D eigenvalue weighted by atomic mass is 32.1. The number of hydrogen-bond donors (Lipinski definition) is 1. The Bertz CT molecular complexity index is 785. The number of anilines is 1. The quantitative estimate of drug-likeness (QED) is 0.897. The molecule has 7 heteroatoms. The third-order valence-electron chi connectivity index (χ3n) is 5.01. The molecular formula is C19H24N4O2S. The number of aromatic nitrogens is 2. The number of carbonyl (C=O) groups excluding carboxylic acids is 1. The molecule has 4 rings (SSSR count). The summed E-state index contributed by atoms with van der Waals surface area (Å²) in [6.07, 6.45) is 3.69. The molecule has 26 heavy (non-hydrogen) atoms. The molecule has 1 atom stereocenters. The molecule has 2 aromatic heterocycles. The van der Waals surface area contributed by atoms with Gasteiger partial charge in [-0.3, -0.25) is 4.79 Å². The molecule has 1 saturated heterocycles. The third-order valence-corrected chi connectivity index (χ3v) is 5.88. The topological polar surface area (TPSA) is 67.3 Å². The van der Waals surface area contributed by atoms with E-state index in [1.54, 1.807) is 0 Å². The zero-order chi connectivity index (χ0) is 18.1. The van der Waals surface area contributed by atoms with Gasteiger partial charge < -0.3 is 15.0 Å². The predicted molar refractivity (Wildman–Crippen MR) is 102 cm³/mol. The van der Waals surface area contributed by atoms with E-state index in [-0.39, 0.29) is 17.4 Å². The highest BCUT2D eigenvalue weighted by molar-refractivity contribution is 7.12. The zero-order valence-electron chi connectivity index (χ0n) is 15.2. The Morgan fingerprint density at radius 1 is 1.38 bits per heavy atom. The van der Waals surface area contributed by atoms with Crippen molar-refractivity contribution in [2.45, 2.75) is 32.7 Å². The highest BCUT2D eigenvalue weighted by Gasteiger charge is 2.35. The molecule has 1 aliphatic carbocycles. The second-order valence-electron chi connectivity index (χ2n) is 7.72. The summed E-state index contributed by atoms with van der Waals surface area (Å²) in [7, 11) is 0. The molecular weight excluding hydrogens is 348 g/mol. The number of nitrogens with one attached hydrogen (secondary N) is 1. The summed E-state index contributed by atoms with van der Waals surface area (Å²) in [5.41, 5.74) is 2.18. The van der Waals surface area contributed by atoms with E-state index in [0.29, 0.717) is 13.2 Å². The first kappa shape index (κ1) is 17.4. The van der Waals surface area contributed by atoms with Crippen LogP contribution in [0.4, 0.5) is 5.95 Å². The molecule has 0 saturated carbocycles. The summed E-state index contributed by atoms with van der Waals surface area (Å²) < 4.78 is 5.42. The lowest BCUT2D eigenvalue weighted by Crippen LogP contribution is -2.39. The summed E-state index contributed by atoms with van der Waals surface area (Å²) in [4.78, 5) is 24.9. The number of fused-ring (bicyclic) bond motifs is 1. The molecule has 1 N–H and O–H groups in total. The molecule has 2 aromatic rings. The second-order valence-corrected chi connectivity index (χ2v) is 8.67. The van der Waals surface area contributed by atoms with Gasteiger partial charge >= 0.3 is 0 Å². The molecule has 1 amide bonds. The molecule has 0 spiro atoms. The van der Waals surface area contributed by atoms with Gasteiger partial charge in [0.2, 0.25) is 5.95 Å². The van der Waals surface area contributed by atoms with Crippen LogP contribution in [0.1, 0.15) is 47.2 Å². The van der Waals surface area contributed by atoms with E-state index in [0.717, 1.165) is 48.0 Å². The summed E-state index contributed by atoms with van der Waals surface area (Å²) in [6.45, 7) is 7.53. The Morgan fingerprint density at radius 3 is 2.92 bits per heavy atom. The van der Waals surface area contributed by atoms with E-state index in [1.165, 1.54) is 11.3 Å². The van der Waals surface area contributed by atoms with Crippen LogP contribution in [-0.2, 0) is 11.2 Å². The molecule has 1 fully saturated rings. The number of nitrogens with zero attached hydrogens (tertiary/aromatic N) is 3. The van der Waals surface area contributed by atoms with E-state index in [1.807, 2.05) is 23.7 Å². The third kappa shape index (κ3) is 3.59. The van der Waals surface area contributed by atoms with Crippen molar-refractivity contribution in [3.63, 3.8) is 0 Å². The second kappa shape index (κ2) is 6.96. The maximum atomic E-state index is 12.5. The lowest BCUT2D eigenvalue weighted by Gasteiger charge is -2.37. The molecule has 0 bridgehead atoms. The molecule has 138 valence electrons. The fraction of sp³-hybridized carbons (Fsp3) is 0.526. The lowest BCUT2D eigenvalue weighted by molar-refractivity contribution is 0.0923. The van der Waals surface area contributed by atoms with Gasteiger partial charge in [-0.25, -0.2) is 9.97 Å². The normalized spacial score (nSPS) is 21.9. The van der Waals surface area contributed by atoms with E-state index >= 15 is 0 Å². The van der Waals surface area contributed by atoms with E-state index in [9.17, 15) is 4.79 Å². The highest BCUT2D eigenvalue weighted by Crippen LogP contribution is 2.40. The van der Waals surface area contributed by atoms with Crippen molar-refractivity contribution in [2.24, 2.45) is 5.41 Å². The number of rotatable bonds is 3. The average molecular weight is 372 g/mol. The van der Waals surface area contributed by atoms with Gasteiger partial charge in [0.15, 0.2) is 0 Å². The zero-order valence-corrected chi connectivity index (χ0v) is 16.0. The molecule has 2 aliphatic rings. The van der Waals surface area contributed by atoms with Gasteiger partial charge in [0.05, 0.1) is 29.8 Å². The molecule has 0 radical (unpaired) electrons. The van der Waals surface area contributed by atoms with Crippen LogP contribution in [0, 0.1) is 5.41 Å². The maximum Gasteiger partial charge on any atom is 0.261 e. The fourth-order valence-electron chi connectivity index (χ4n) is 3.72. The van der Waals surface area contributed by atoms with Crippen LogP contribution >= 0.6 is 11.3 Å². The van der Waals surface area contributed by atoms with Crippen LogP contribution in [0.3, 0.4) is 0 Å². The van der Waals surface area contributed by atoms with Gasteiger partial charge in [0.25, 0.3) is 5.91 Å². The number of carbonyl (C=O) groups is 1. The summed E-state index contributed by atoms with van der Waals surface area (Å²) >= 11 is 1.46. The molecule has 3 heterocycles. The van der Waals surface area contributed by atoms with Gasteiger partial charge in [-0.05, 0) is 29.7 Å². The van der Waals surface area contributed by atoms with Crippen LogP contribution in [-0.4, -0.2) is 42.2 Å². The number of ether oxygens (including phenoxy) is 1. The Labute approximate surface area is 157 Å². The van der Waals surface area contributed by atoms with Crippen molar-refractivity contribution in [3.8, 4) is 0 Å². The molecule has 0 aromatic carbocycles. The minimum absolute atomic E-state index is 0.0223. The fourth-order valence-corrected chi connectivity index (χ4v) is 4.35. The minimum Gasteiger partial charge on any atom is -0.378 e. The van der Waals surface area contributed by atoms with Crippen molar-refractivity contribution in [1.29, 1.82) is 0 Å². The van der Waals surface area contributed by atoms with Crippen molar-refractivity contribution < 1.29 is 9.53 Å². The van der Waals surface area contributed by atoms with Gasteiger partial charge in [-0.2, -0.15) is 0 Å².